The Kier molecular flexibility index (Phi) is 6.49. The first-order valence-corrected chi connectivity index (χ1v) is 11.3. The molecule has 8 nitrogen and oxygen atoms in total. The normalized spacial score (nSPS) is 11.3. The number of aryl methyl sites for hydroxylation is 3. The molecule has 0 radical (unpaired) electrons. The number of carbonyl (C=O) groups excluding carboxylic acids is 1. The van der Waals surface area contributed by atoms with Gasteiger partial charge in [-0.05, 0) is 42.7 Å². The van der Waals surface area contributed by atoms with Crippen LogP contribution in [0, 0.1) is 12.8 Å². The van der Waals surface area contributed by atoms with E-state index in [0.29, 0.717) is 36.2 Å². The van der Waals surface area contributed by atoms with E-state index in [1.807, 2.05) is 57.2 Å². The molecule has 0 saturated heterocycles. The molecule has 3 aromatic heterocycles. The number of fused-ring (bicyclic) bond motifs is 2. The topological polar surface area (TPSA) is 103 Å². The summed E-state index contributed by atoms with van der Waals surface area (Å²) in [5.74, 6) is 1.04. The molecule has 34 heavy (non-hydrogen) atoms. The minimum Gasteiger partial charge on any atom is -0.497 e. The zero-order valence-corrected chi connectivity index (χ0v) is 20.0. The van der Waals surface area contributed by atoms with Gasteiger partial charge in [0, 0.05) is 24.7 Å². The average molecular weight is 461 g/mol. The highest BCUT2D eigenvalue weighted by atomic mass is 16.5. The van der Waals surface area contributed by atoms with E-state index in [1.54, 1.807) is 23.9 Å². The lowest BCUT2D eigenvalue weighted by molar-refractivity contribution is -0.658. The molecule has 3 N–H and O–H groups in total. The third-order valence-corrected chi connectivity index (χ3v) is 5.87. The lowest BCUT2D eigenvalue weighted by Gasteiger charge is -2.13. The number of aromatic nitrogens is 3. The van der Waals surface area contributed by atoms with Gasteiger partial charge in [-0.1, -0.05) is 37.0 Å². The maximum absolute atomic E-state index is 13.4. The third kappa shape index (κ3) is 4.44. The Morgan fingerprint density at radius 1 is 1.24 bits per heavy atom. The molecule has 3 heterocycles. The summed E-state index contributed by atoms with van der Waals surface area (Å²) < 4.78 is 8.53. The fraction of sp³-hybridized carbons (Fsp3) is 0.308. The van der Waals surface area contributed by atoms with Crippen molar-refractivity contribution in [2.24, 2.45) is 5.92 Å². The zero-order valence-electron chi connectivity index (χ0n) is 20.0. The van der Waals surface area contributed by atoms with Gasteiger partial charge in [0.15, 0.2) is 0 Å². The SMILES string of the molecule is COc1ccc(CC[n+]2c(N)c(C(=O)NCC(C)C)cc3c(=O)n4cccc(C)c4nc32)cc1. The van der Waals surface area contributed by atoms with E-state index in [9.17, 15) is 9.59 Å². The second kappa shape index (κ2) is 9.51. The number of pyridine rings is 2. The molecular formula is C26H30N5O3+. The summed E-state index contributed by atoms with van der Waals surface area (Å²) in [6.07, 6.45) is 2.33. The molecule has 8 heteroatoms. The highest BCUT2D eigenvalue weighted by Crippen LogP contribution is 2.17. The van der Waals surface area contributed by atoms with Crippen LogP contribution in [0.1, 0.15) is 35.3 Å². The van der Waals surface area contributed by atoms with Gasteiger partial charge in [-0.2, -0.15) is 0 Å². The molecule has 1 amide bonds. The molecule has 0 atom stereocenters. The van der Waals surface area contributed by atoms with Crippen LogP contribution in [-0.4, -0.2) is 28.9 Å². The number of anilines is 1. The summed E-state index contributed by atoms with van der Waals surface area (Å²) in [5, 5.41) is 3.26. The first-order chi connectivity index (χ1) is 16.3. The number of benzene rings is 1. The van der Waals surface area contributed by atoms with E-state index < -0.39 is 0 Å². The Balaban J connectivity index is 1.87. The summed E-state index contributed by atoms with van der Waals surface area (Å²) in [5.41, 5.74) is 9.55. The first kappa shape index (κ1) is 23.2. The monoisotopic (exact) mass is 460 g/mol. The number of methoxy groups -OCH3 is 1. The third-order valence-electron chi connectivity index (χ3n) is 5.87. The number of ether oxygens (including phenoxy) is 1. The number of nitrogens with one attached hydrogen (secondary N) is 1. The predicted octanol–water partition coefficient (Wildman–Crippen LogP) is 2.66. The fourth-order valence-corrected chi connectivity index (χ4v) is 3.94. The van der Waals surface area contributed by atoms with Crippen LogP contribution in [0.5, 0.6) is 5.75 Å². The molecule has 1 aromatic carbocycles. The molecule has 0 aliphatic rings. The summed E-state index contributed by atoms with van der Waals surface area (Å²) in [4.78, 5) is 31.2. The van der Waals surface area contributed by atoms with E-state index >= 15 is 0 Å². The van der Waals surface area contributed by atoms with Gasteiger partial charge < -0.3 is 15.8 Å². The molecule has 0 aliphatic heterocycles. The van der Waals surface area contributed by atoms with Crippen LogP contribution < -0.4 is 25.9 Å². The van der Waals surface area contributed by atoms with Gasteiger partial charge in [-0.3, -0.25) is 14.0 Å². The maximum Gasteiger partial charge on any atom is 0.278 e. The van der Waals surface area contributed by atoms with Gasteiger partial charge in [0.1, 0.15) is 16.7 Å². The summed E-state index contributed by atoms with van der Waals surface area (Å²) in [6, 6.07) is 13.1. The van der Waals surface area contributed by atoms with Crippen LogP contribution in [0.3, 0.4) is 0 Å². The predicted molar refractivity (Wildman–Crippen MR) is 132 cm³/mol. The number of hydrogen-bond donors (Lipinski definition) is 2. The highest BCUT2D eigenvalue weighted by Gasteiger charge is 2.24. The van der Waals surface area contributed by atoms with Crippen molar-refractivity contribution in [2.75, 3.05) is 19.4 Å². The lowest BCUT2D eigenvalue weighted by atomic mass is 10.1. The van der Waals surface area contributed by atoms with Crippen molar-refractivity contribution in [3.8, 4) is 5.75 Å². The minimum absolute atomic E-state index is 0.236. The lowest BCUT2D eigenvalue weighted by Crippen LogP contribution is -2.43. The maximum atomic E-state index is 13.4. The van der Waals surface area contributed by atoms with E-state index in [0.717, 1.165) is 16.9 Å². The Morgan fingerprint density at radius 3 is 2.65 bits per heavy atom. The Labute approximate surface area is 198 Å². The quantitative estimate of drug-likeness (QED) is 0.326. The number of carbonyl (C=O) groups is 1. The van der Waals surface area contributed by atoms with Crippen LogP contribution >= 0.6 is 0 Å². The molecule has 0 spiro atoms. The number of nitrogens with two attached hydrogens (primary N) is 1. The van der Waals surface area contributed by atoms with E-state index in [2.05, 4.69) is 5.32 Å². The van der Waals surface area contributed by atoms with Crippen LogP contribution in [-0.2, 0) is 13.0 Å². The number of nitrogens with zero attached hydrogens (tertiary/aromatic N) is 3. The van der Waals surface area contributed by atoms with Gasteiger partial charge in [0.25, 0.3) is 17.1 Å². The second-order valence-corrected chi connectivity index (χ2v) is 8.84. The van der Waals surface area contributed by atoms with Crippen molar-refractivity contribution in [2.45, 2.75) is 33.7 Å². The van der Waals surface area contributed by atoms with Crippen molar-refractivity contribution < 1.29 is 14.1 Å². The van der Waals surface area contributed by atoms with E-state index in [1.165, 1.54) is 4.40 Å². The van der Waals surface area contributed by atoms with Gasteiger partial charge in [-0.25, -0.2) is 4.57 Å². The van der Waals surface area contributed by atoms with Crippen molar-refractivity contribution in [3.05, 3.63) is 75.7 Å². The van der Waals surface area contributed by atoms with Gasteiger partial charge in [0.05, 0.1) is 13.7 Å². The minimum atomic E-state index is -0.306. The van der Waals surface area contributed by atoms with Crippen LogP contribution in [0.2, 0.25) is 0 Å². The highest BCUT2D eigenvalue weighted by molar-refractivity contribution is 6.00. The molecule has 0 aliphatic carbocycles. The van der Waals surface area contributed by atoms with Crippen molar-refractivity contribution >= 4 is 28.4 Å². The van der Waals surface area contributed by atoms with Crippen molar-refractivity contribution in [3.63, 3.8) is 0 Å². The fourth-order valence-electron chi connectivity index (χ4n) is 3.94. The first-order valence-electron chi connectivity index (χ1n) is 11.3. The largest absolute Gasteiger partial charge is 0.497 e. The molecule has 4 rings (SSSR count). The Bertz CT molecular complexity index is 1430. The van der Waals surface area contributed by atoms with Crippen molar-refractivity contribution in [1.82, 2.24) is 14.7 Å². The van der Waals surface area contributed by atoms with Crippen LogP contribution in [0.4, 0.5) is 5.82 Å². The Hall–Kier alpha value is -3.94. The van der Waals surface area contributed by atoms with Crippen molar-refractivity contribution in [1.29, 1.82) is 0 Å². The van der Waals surface area contributed by atoms with E-state index in [-0.39, 0.29) is 28.8 Å². The standard InChI is InChI=1S/C26H29N5O3/c1-16(2)15-28-25(32)20-14-21-24(29-23-17(3)6-5-12-31(23)26(21)33)30(22(20)27)13-11-18-7-9-19(34-4)10-8-18/h5-10,12,14,16,27H,11,13,15H2,1-4H3,(H,28,32)/p+1. The second-order valence-electron chi connectivity index (χ2n) is 8.84. The molecular weight excluding hydrogens is 430 g/mol. The van der Waals surface area contributed by atoms with Crippen LogP contribution in [0.25, 0.3) is 16.7 Å². The summed E-state index contributed by atoms with van der Waals surface area (Å²) in [6.45, 7) is 6.91. The Morgan fingerprint density at radius 2 is 1.97 bits per heavy atom. The molecule has 0 saturated carbocycles. The van der Waals surface area contributed by atoms with Gasteiger partial charge >= 0.3 is 0 Å². The molecule has 0 bridgehead atoms. The number of amides is 1. The number of nitrogen functional groups attached to an aromatic ring is 1. The smallest absolute Gasteiger partial charge is 0.278 e. The average Bonchev–Trinajstić information content (AvgIpc) is 2.83. The van der Waals surface area contributed by atoms with Crippen LogP contribution in [0.15, 0.2) is 53.5 Å². The number of hydrogen-bond acceptors (Lipinski definition) is 5. The molecule has 176 valence electrons. The van der Waals surface area contributed by atoms with Gasteiger partial charge in [0.2, 0.25) is 11.5 Å². The number of rotatable bonds is 7. The summed E-state index contributed by atoms with van der Waals surface area (Å²) in [7, 11) is 1.63. The molecule has 0 fully saturated rings. The van der Waals surface area contributed by atoms with Gasteiger partial charge in [-0.15, -0.1) is 0 Å². The van der Waals surface area contributed by atoms with E-state index in [4.69, 9.17) is 15.5 Å². The zero-order chi connectivity index (χ0) is 24.4. The molecule has 0 unspecified atom stereocenters. The molecule has 4 aromatic rings. The summed E-state index contributed by atoms with van der Waals surface area (Å²) >= 11 is 0.